The molecule has 6 heteroatoms. The molecular formula is C10H13N3O3. The number of benzene rings is 1. The molecule has 0 saturated heterocycles. The highest BCUT2D eigenvalue weighted by molar-refractivity contribution is 5.95. The number of carbonyl (C=O) groups is 1. The molecular weight excluding hydrogens is 210 g/mol. The number of esters is 1. The van der Waals surface area contributed by atoms with Gasteiger partial charge in [-0.2, -0.15) is 0 Å². The Balaban J connectivity index is 3.10. The summed E-state index contributed by atoms with van der Waals surface area (Å²) in [6, 6.07) is 4.67. The molecule has 0 unspecified atom stereocenters. The van der Waals surface area contributed by atoms with E-state index in [2.05, 4.69) is 10.1 Å². The van der Waals surface area contributed by atoms with E-state index >= 15 is 0 Å². The lowest BCUT2D eigenvalue weighted by Gasteiger charge is -2.10. The van der Waals surface area contributed by atoms with Gasteiger partial charge in [0.2, 0.25) is 0 Å². The molecule has 0 aromatic heterocycles. The van der Waals surface area contributed by atoms with Crippen LogP contribution >= 0.6 is 0 Å². The number of guanidine groups is 1. The first kappa shape index (κ1) is 11.8. The van der Waals surface area contributed by atoms with Gasteiger partial charge in [0.15, 0.2) is 5.96 Å². The molecule has 6 nitrogen and oxygen atoms in total. The topological polar surface area (TPSA) is 97.4 Å². The van der Waals surface area contributed by atoms with Gasteiger partial charge in [-0.05, 0) is 18.2 Å². The summed E-state index contributed by atoms with van der Waals surface area (Å²) in [5.74, 6) is -0.211. The summed E-state index contributed by atoms with van der Waals surface area (Å²) in [5, 5.41) is 9.69. The van der Waals surface area contributed by atoms with Crippen LogP contribution in [0.5, 0.6) is 5.75 Å². The minimum absolute atomic E-state index is 0.236. The molecule has 0 spiro atoms. The van der Waals surface area contributed by atoms with E-state index < -0.39 is 5.97 Å². The van der Waals surface area contributed by atoms with Crippen LogP contribution in [0.4, 0.5) is 5.69 Å². The zero-order chi connectivity index (χ0) is 12.1. The Morgan fingerprint density at radius 3 is 2.62 bits per heavy atom. The fourth-order valence-corrected chi connectivity index (χ4v) is 1.20. The Bertz CT molecular complexity index is 418. The predicted molar refractivity (Wildman–Crippen MR) is 59.9 cm³/mol. The van der Waals surface area contributed by atoms with Crippen molar-refractivity contribution in [1.82, 2.24) is 0 Å². The molecule has 16 heavy (non-hydrogen) atoms. The van der Waals surface area contributed by atoms with Gasteiger partial charge in [0.05, 0.1) is 25.5 Å². The molecule has 86 valence electrons. The minimum Gasteiger partial charge on any atom is -0.495 e. The van der Waals surface area contributed by atoms with Gasteiger partial charge >= 0.3 is 5.97 Å². The maximum absolute atomic E-state index is 11.3. The van der Waals surface area contributed by atoms with Gasteiger partial charge in [0.25, 0.3) is 0 Å². The molecule has 1 aromatic rings. The van der Waals surface area contributed by atoms with E-state index in [4.69, 9.17) is 15.9 Å². The average molecular weight is 223 g/mol. The van der Waals surface area contributed by atoms with Crippen molar-refractivity contribution in [3.05, 3.63) is 23.8 Å². The van der Waals surface area contributed by atoms with Crippen molar-refractivity contribution in [2.24, 2.45) is 5.73 Å². The second kappa shape index (κ2) is 5.01. The smallest absolute Gasteiger partial charge is 0.337 e. The highest BCUT2D eigenvalue weighted by atomic mass is 16.5. The SMILES string of the molecule is COC(=O)c1ccc(OC)c(NC(=N)N)c1. The minimum atomic E-state index is -0.464. The molecule has 1 rings (SSSR count). The van der Waals surface area contributed by atoms with Crippen molar-refractivity contribution in [1.29, 1.82) is 5.41 Å². The Labute approximate surface area is 92.9 Å². The number of methoxy groups -OCH3 is 2. The first-order valence-corrected chi connectivity index (χ1v) is 4.46. The van der Waals surface area contributed by atoms with Crippen LogP contribution in [0.3, 0.4) is 0 Å². The van der Waals surface area contributed by atoms with Crippen LogP contribution in [-0.2, 0) is 4.74 Å². The Morgan fingerprint density at radius 2 is 2.12 bits per heavy atom. The molecule has 0 bridgehead atoms. The molecule has 0 heterocycles. The lowest BCUT2D eigenvalue weighted by Crippen LogP contribution is -2.21. The normalized spacial score (nSPS) is 9.38. The van der Waals surface area contributed by atoms with Gasteiger partial charge in [-0.15, -0.1) is 0 Å². The van der Waals surface area contributed by atoms with Crippen LogP contribution < -0.4 is 15.8 Å². The molecule has 0 atom stereocenters. The maximum Gasteiger partial charge on any atom is 0.337 e. The van der Waals surface area contributed by atoms with Gasteiger partial charge in [0.1, 0.15) is 5.75 Å². The van der Waals surface area contributed by atoms with Crippen LogP contribution in [0.1, 0.15) is 10.4 Å². The van der Waals surface area contributed by atoms with E-state index in [1.54, 1.807) is 12.1 Å². The lowest BCUT2D eigenvalue weighted by atomic mass is 10.2. The monoisotopic (exact) mass is 223 g/mol. The van der Waals surface area contributed by atoms with Crippen molar-refractivity contribution >= 4 is 17.6 Å². The molecule has 0 amide bonds. The van der Waals surface area contributed by atoms with E-state index in [-0.39, 0.29) is 5.96 Å². The van der Waals surface area contributed by atoms with Crippen molar-refractivity contribution in [3.63, 3.8) is 0 Å². The molecule has 0 saturated carbocycles. The molecule has 0 aliphatic carbocycles. The van der Waals surface area contributed by atoms with Crippen LogP contribution in [0.25, 0.3) is 0 Å². The molecule has 0 fully saturated rings. The predicted octanol–water partition coefficient (Wildman–Crippen LogP) is 0.787. The maximum atomic E-state index is 11.3. The molecule has 0 aliphatic heterocycles. The first-order chi connectivity index (χ1) is 7.58. The molecule has 1 aromatic carbocycles. The number of anilines is 1. The van der Waals surface area contributed by atoms with Crippen LogP contribution in [0.15, 0.2) is 18.2 Å². The summed E-state index contributed by atoms with van der Waals surface area (Å²) < 4.78 is 9.63. The van der Waals surface area contributed by atoms with Crippen molar-refractivity contribution in [3.8, 4) is 5.75 Å². The summed E-state index contributed by atoms with van der Waals surface area (Å²) >= 11 is 0. The fraction of sp³-hybridized carbons (Fsp3) is 0.200. The van der Waals surface area contributed by atoms with Crippen LogP contribution in [0, 0.1) is 5.41 Å². The number of carbonyl (C=O) groups excluding carboxylic acids is 1. The fourth-order valence-electron chi connectivity index (χ4n) is 1.20. The van der Waals surface area contributed by atoms with E-state index in [9.17, 15) is 4.79 Å². The summed E-state index contributed by atoms with van der Waals surface area (Å²) in [6.45, 7) is 0. The van der Waals surface area contributed by atoms with Crippen LogP contribution in [-0.4, -0.2) is 26.1 Å². The van der Waals surface area contributed by atoms with Gasteiger partial charge in [-0.1, -0.05) is 0 Å². The molecule has 0 radical (unpaired) electrons. The highest BCUT2D eigenvalue weighted by Crippen LogP contribution is 2.25. The Hall–Kier alpha value is -2.24. The zero-order valence-corrected chi connectivity index (χ0v) is 9.03. The van der Waals surface area contributed by atoms with Crippen molar-refractivity contribution < 1.29 is 14.3 Å². The second-order valence-electron chi connectivity index (χ2n) is 2.95. The largest absolute Gasteiger partial charge is 0.495 e. The first-order valence-electron chi connectivity index (χ1n) is 4.46. The summed E-state index contributed by atoms with van der Waals surface area (Å²) in [6.07, 6.45) is 0. The lowest BCUT2D eigenvalue weighted by molar-refractivity contribution is 0.0601. The van der Waals surface area contributed by atoms with Gasteiger partial charge in [-0.3, -0.25) is 5.41 Å². The van der Waals surface area contributed by atoms with Crippen LogP contribution in [0.2, 0.25) is 0 Å². The molecule has 4 N–H and O–H groups in total. The zero-order valence-electron chi connectivity index (χ0n) is 9.03. The standard InChI is InChI=1S/C10H13N3O3/c1-15-8-4-3-6(9(14)16-2)5-7(8)13-10(11)12/h3-5H,1-2H3,(H4,11,12,13). The average Bonchev–Trinajstić information content (AvgIpc) is 2.27. The Morgan fingerprint density at radius 1 is 1.44 bits per heavy atom. The van der Waals surface area contributed by atoms with E-state index in [0.29, 0.717) is 17.0 Å². The number of rotatable bonds is 3. The van der Waals surface area contributed by atoms with Gasteiger partial charge in [0, 0.05) is 0 Å². The number of nitrogens with one attached hydrogen (secondary N) is 2. The van der Waals surface area contributed by atoms with E-state index in [1.165, 1.54) is 20.3 Å². The van der Waals surface area contributed by atoms with Crippen molar-refractivity contribution in [2.45, 2.75) is 0 Å². The van der Waals surface area contributed by atoms with Gasteiger partial charge < -0.3 is 20.5 Å². The summed E-state index contributed by atoms with van der Waals surface area (Å²) in [5.41, 5.74) is 6.00. The number of ether oxygens (including phenoxy) is 2. The molecule has 0 aliphatic rings. The third-order valence-corrected chi connectivity index (χ3v) is 1.89. The highest BCUT2D eigenvalue weighted by Gasteiger charge is 2.10. The van der Waals surface area contributed by atoms with E-state index in [1.807, 2.05) is 0 Å². The number of hydrogen-bond donors (Lipinski definition) is 3. The third kappa shape index (κ3) is 2.63. The quantitative estimate of drug-likeness (QED) is 0.400. The third-order valence-electron chi connectivity index (χ3n) is 1.89. The number of hydrogen-bond acceptors (Lipinski definition) is 4. The van der Waals surface area contributed by atoms with Crippen molar-refractivity contribution in [2.75, 3.05) is 19.5 Å². The summed E-state index contributed by atoms with van der Waals surface area (Å²) in [7, 11) is 2.78. The second-order valence-corrected chi connectivity index (χ2v) is 2.95. The number of nitrogens with two attached hydrogens (primary N) is 1. The Kier molecular flexibility index (Phi) is 3.71. The van der Waals surface area contributed by atoms with Gasteiger partial charge in [-0.25, -0.2) is 4.79 Å². The summed E-state index contributed by atoms with van der Waals surface area (Å²) in [4.78, 5) is 11.3. The van der Waals surface area contributed by atoms with E-state index in [0.717, 1.165) is 0 Å².